The van der Waals surface area contributed by atoms with Crippen molar-refractivity contribution >= 4 is 51.6 Å². The number of halogens is 2. The number of nitrogens with zero attached hydrogens (tertiary/aromatic N) is 4. The van der Waals surface area contributed by atoms with E-state index in [0.717, 1.165) is 49.3 Å². The number of benzene rings is 1. The normalized spacial score (nSPS) is 16.9. The van der Waals surface area contributed by atoms with E-state index in [1.54, 1.807) is 7.05 Å². The van der Waals surface area contributed by atoms with Crippen molar-refractivity contribution in [1.82, 2.24) is 20.8 Å². The minimum atomic E-state index is 0. The number of aryl methyl sites for hydroxylation is 2. The van der Waals surface area contributed by atoms with Gasteiger partial charge in [-0.15, -0.1) is 24.0 Å². The highest BCUT2D eigenvalue weighted by molar-refractivity contribution is 14.0. The molecule has 0 aliphatic carbocycles. The fraction of sp³-hybridized carbons (Fsp3) is 0.500. The maximum absolute atomic E-state index is 5.12. The lowest BCUT2D eigenvalue weighted by atomic mass is 10.2. The van der Waals surface area contributed by atoms with Crippen molar-refractivity contribution < 1.29 is 4.52 Å². The minimum Gasteiger partial charge on any atom is -0.368 e. The molecule has 2 N–H and O–H groups in total. The van der Waals surface area contributed by atoms with Crippen molar-refractivity contribution in [3.63, 3.8) is 0 Å². The van der Waals surface area contributed by atoms with Gasteiger partial charge in [0.1, 0.15) is 0 Å². The van der Waals surface area contributed by atoms with Gasteiger partial charge < -0.3 is 20.1 Å². The van der Waals surface area contributed by atoms with E-state index in [9.17, 15) is 0 Å². The van der Waals surface area contributed by atoms with Crippen LogP contribution in [0.4, 0.5) is 5.69 Å². The van der Waals surface area contributed by atoms with Crippen LogP contribution in [0.5, 0.6) is 0 Å². The summed E-state index contributed by atoms with van der Waals surface area (Å²) in [7, 11) is 1.80. The minimum absolute atomic E-state index is 0. The Morgan fingerprint density at radius 1 is 1.41 bits per heavy atom. The lowest BCUT2D eigenvalue weighted by Crippen LogP contribution is -2.44. The summed E-state index contributed by atoms with van der Waals surface area (Å²) in [5.41, 5.74) is 1.24. The molecule has 7 nitrogen and oxygen atoms in total. The van der Waals surface area contributed by atoms with Crippen LogP contribution in [0.3, 0.4) is 0 Å². The fourth-order valence-corrected chi connectivity index (χ4v) is 3.62. The van der Waals surface area contributed by atoms with Crippen molar-refractivity contribution in [3.05, 3.63) is 40.5 Å². The van der Waals surface area contributed by atoms with Crippen LogP contribution in [-0.4, -0.2) is 48.8 Å². The van der Waals surface area contributed by atoms with E-state index in [0.29, 0.717) is 17.8 Å². The number of anilines is 1. The number of aromatic nitrogens is 2. The molecule has 0 saturated carbocycles. The van der Waals surface area contributed by atoms with E-state index >= 15 is 0 Å². The molecule has 1 fully saturated rings. The number of hydrogen-bond acceptors (Lipinski definition) is 5. The van der Waals surface area contributed by atoms with Gasteiger partial charge in [-0.25, -0.2) is 0 Å². The first-order chi connectivity index (χ1) is 12.7. The smallest absolute Gasteiger partial charge is 0.226 e. The predicted octanol–water partition coefficient (Wildman–Crippen LogP) is 3.14. The second kappa shape index (κ2) is 10.8. The van der Waals surface area contributed by atoms with Crippen LogP contribution in [0.1, 0.15) is 24.6 Å². The maximum atomic E-state index is 5.12. The molecule has 1 saturated heterocycles. The Balaban J connectivity index is 0.00000261. The van der Waals surface area contributed by atoms with Crippen molar-refractivity contribution in [2.75, 3.05) is 31.6 Å². The number of aliphatic imine (C=N–C) groups is 1. The zero-order chi connectivity index (χ0) is 18.4. The van der Waals surface area contributed by atoms with Crippen molar-refractivity contribution in [3.8, 4) is 0 Å². The Morgan fingerprint density at radius 3 is 2.93 bits per heavy atom. The average Bonchev–Trinajstić information content (AvgIpc) is 3.27. The summed E-state index contributed by atoms with van der Waals surface area (Å²) in [6.07, 6.45) is 2.77. The van der Waals surface area contributed by atoms with Gasteiger partial charge in [0.25, 0.3) is 0 Å². The topological polar surface area (TPSA) is 78.6 Å². The van der Waals surface area contributed by atoms with Gasteiger partial charge in [0, 0.05) is 43.6 Å². The van der Waals surface area contributed by atoms with Crippen LogP contribution in [0.25, 0.3) is 0 Å². The molecule has 0 bridgehead atoms. The zero-order valence-electron chi connectivity index (χ0n) is 15.6. The maximum Gasteiger partial charge on any atom is 0.226 e. The molecular weight excluding hydrogens is 523 g/mol. The van der Waals surface area contributed by atoms with E-state index in [1.165, 1.54) is 5.69 Å². The first kappa shape index (κ1) is 21.9. The fourth-order valence-electron chi connectivity index (χ4n) is 3.08. The van der Waals surface area contributed by atoms with E-state index < -0.39 is 0 Å². The Kier molecular flexibility index (Phi) is 8.81. The molecule has 3 rings (SSSR count). The van der Waals surface area contributed by atoms with Gasteiger partial charge in [-0.1, -0.05) is 17.3 Å². The summed E-state index contributed by atoms with van der Waals surface area (Å²) in [6.45, 7) is 4.63. The number of hydrogen-bond donors (Lipinski definition) is 2. The Labute approximate surface area is 185 Å². The van der Waals surface area contributed by atoms with Gasteiger partial charge in [0.15, 0.2) is 11.8 Å². The average molecular weight is 549 g/mol. The standard InChI is InChI=1S/C18H25BrN6O.HI/c1-13-22-17(26-24-13)8-5-10-21-18(20-2)23-14-9-11-25(12-14)16-7-4-3-6-15(16)19;/h3-4,6-7,14H,5,8-12H2,1-2H3,(H2,20,21,23);1H. The van der Waals surface area contributed by atoms with E-state index in [4.69, 9.17) is 4.52 Å². The Bertz CT molecular complexity index is 753. The number of para-hydroxylation sites is 1. The predicted molar refractivity (Wildman–Crippen MR) is 122 cm³/mol. The number of nitrogens with one attached hydrogen (secondary N) is 2. The second-order valence-electron chi connectivity index (χ2n) is 6.37. The van der Waals surface area contributed by atoms with Crippen LogP contribution >= 0.6 is 39.9 Å². The quantitative estimate of drug-likeness (QED) is 0.250. The van der Waals surface area contributed by atoms with E-state index in [2.05, 4.69) is 64.8 Å². The lowest BCUT2D eigenvalue weighted by Gasteiger charge is -2.21. The van der Waals surface area contributed by atoms with Crippen molar-refractivity contribution in [2.45, 2.75) is 32.2 Å². The first-order valence-electron chi connectivity index (χ1n) is 8.91. The SMILES string of the molecule is CN=C(NCCCc1nc(C)no1)NC1CCN(c2ccccc2Br)C1.I. The number of rotatable bonds is 6. The summed E-state index contributed by atoms with van der Waals surface area (Å²) in [6, 6.07) is 8.74. The summed E-state index contributed by atoms with van der Waals surface area (Å²) >= 11 is 3.64. The van der Waals surface area contributed by atoms with Gasteiger partial charge >= 0.3 is 0 Å². The lowest BCUT2D eigenvalue weighted by molar-refractivity contribution is 0.372. The monoisotopic (exact) mass is 548 g/mol. The molecule has 1 aliphatic heterocycles. The Morgan fingerprint density at radius 2 is 2.22 bits per heavy atom. The molecule has 148 valence electrons. The third kappa shape index (κ3) is 6.34. The molecule has 1 unspecified atom stereocenters. The summed E-state index contributed by atoms with van der Waals surface area (Å²) in [5.74, 6) is 2.21. The molecule has 1 atom stereocenters. The molecular formula is C18H26BrIN6O. The van der Waals surface area contributed by atoms with Crippen molar-refractivity contribution in [1.29, 1.82) is 0 Å². The van der Waals surface area contributed by atoms with Gasteiger partial charge in [-0.05, 0) is 47.8 Å². The molecule has 2 heterocycles. The molecule has 0 radical (unpaired) electrons. The molecule has 2 aromatic rings. The molecule has 1 aliphatic rings. The van der Waals surface area contributed by atoms with Crippen LogP contribution in [-0.2, 0) is 6.42 Å². The van der Waals surface area contributed by atoms with E-state index in [1.807, 2.05) is 13.0 Å². The second-order valence-corrected chi connectivity index (χ2v) is 7.22. The molecule has 0 amide bonds. The largest absolute Gasteiger partial charge is 0.368 e. The highest BCUT2D eigenvalue weighted by Crippen LogP contribution is 2.28. The summed E-state index contributed by atoms with van der Waals surface area (Å²) in [5, 5.41) is 10.7. The van der Waals surface area contributed by atoms with E-state index in [-0.39, 0.29) is 24.0 Å². The van der Waals surface area contributed by atoms with Gasteiger partial charge in [0.05, 0.1) is 5.69 Å². The third-order valence-electron chi connectivity index (χ3n) is 4.38. The van der Waals surface area contributed by atoms with Crippen LogP contribution in [0.15, 0.2) is 38.3 Å². The third-order valence-corrected chi connectivity index (χ3v) is 5.05. The van der Waals surface area contributed by atoms with Crippen molar-refractivity contribution in [2.24, 2.45) is 4.99 Å². The van der Waals surface area contributed by atoms with Crippen LogP contribution < -0.4 is 15.5 Å². The molecule has 9 heteroatoms. The highest BCUT2D eigenvalue weighted by Gasteiger charge is 2.24. The molecule has 1 aromatic carbocycles. The molecule has 1 aromatic heterocycles. The number of guanidine groups is 1. The van der Waals surface area contributed by atoms with Crippen LogP contribution in [0, 0.1) is 6.92 Å². The summed E-state index contributed by atoms with van der Waals surface area (Å²) in [4.78, 5) is 10.9. The van der Waals surface area contributed by atoms with Gasteiger partial charge in [-0.3, -0.25) is 4.99 Å². The highest BCUT2D eigenvalue weighted by atomic mass is 127. The molecule has 27 heavy (non-hydrogen) atoms. The van der Waals surface area contributed by atoms with Gasteiger partial charge in [0.2, 0.25) is 5.89 Å². The zero-order valence-corrected chi connectivity index (χ0v) is 19.5. The molecule has 0 spiro atoms. The summed E-state index contributed by atoms with van der Waals surface area (Å²) < 4.78 is 6.26. The first-order valence-corrected chi connectivity index (χ1v) is 9.71. The Hall–Kier alpha value is -1.36. The van der Waals surface area contributed by atoms with Crippen LogP contribution in [0.2, 0.25) is 0 Å². The van der Waals surface area contributed by atoms with Gasteiger partial charge in [-0.2, -0.15) is 4.98 Å².